The number of hydrogen-bond donors (Lipinski definition) is 2. The number of unbranched alkanes of at least 4 members (excludes halogenated alkanes) is 1. The highest BCUT2D eigenvalue weighted by Gasteiger charge is 2.09. The fourth-order valence-corrected chi connectivity index (χ4v) is 2.44. The van der Waals surface area contributed by atoms with Crippen LogP contribution in [0.2, 0.25) is 0 Å². The number of aryl methyl sites for hydroxylation is 1. The van der Waals surface area contributed by atoms with Crippen LogP contribution in [0.25, 0.3) is 22.3 Å². The Morgan fingerprint density at radius 1 is 1.04 bits per heavy atom. The highest BCUT2D eigenvalue weighted by Crippen LogP contribution is 2.25. The molecular formula is C18H21N5. The van der Waals surface area contributed by atoms with Crippen molar-refractivity contribution in [1.29, 1.82) is 0 Å². The molecule has 1 aromatic carbocycles. The topological polar surface area (TPSA) is 76.7 Å². The van der Waals surface area contributed by atoms with E-state index in [0.29, 0.717) is 6.54 Å². The average Bonchev–Trinajstić information content (AvgIpc) is 2.59. The Morgan fingerprint density at radius 3 is 2.61 bits per heavy atom. The Kier molecular flexibility index (Phi) is 4.78. The van der Waals surface area contributed by atoms with Crippen molar-refractivity contribution < 1.29 is 0 Å². The summed E-state index contributed by atoms with van der Waals surface area (Å²) >= 11 is 0. The molecule has 23 heavy (non-hydrogen) atoms. The molecule has 2 heterocycles. The van der Waals surface area contributed by atoms with Crippen molar-refractivity contribution in [2.75, 3.05) is 18.4 Å². The summed E-state index contributed by atoms with van der Waals surface area (Å²) in [6, 6.07) is 10.3. The van der Waals surface area contributed by atoms with Crippen molar-refractivity contribution in [3.8, 4) is 11.3 Å². The maximum Gasteiger partial charge on any atom is 0.154 e. The summed E-state index contributed by atoms with van der Waals surface area (Å²) in [6.45, 7) is 3.61. The van der Waals surface area contributed by atoms with E-state index in [0.717, 1.165) is 47.5 Å². The lowest BCUT2D eigenvalue weighted by Crippen LogP contribution is -2.08. The van der Waals surface area contributed by atoms with E-state index in [1.54, 1.807) is 12.4 Å². The van der Waals surface area contributed by atoms with E-state index < -0.39 is 0 Å². The van der Waals surface area contributed by atoms with Gasteiger partial charge in [0.25, 0.3) is 0 Å². The Hall–Kier alpha value is -2.53. The number of nitrogens with one attached hydrogen (secondary N) is 1. The maximum absolute atomic E-state index is 5.55. The van der Waals surface area contributed by atoms with Crippen molar-refractivity contribution >= 4 is 16.9 Å². The van der Waals surface area contributed by atoms with Crippen LogP contribution in [-0.4, -0.2) is 28.0 Å². The first-order chi connectivity index (χ1) is 11.3. The number of aromatic nitrogens is 3. The van der Waals surface area contributed by atoms with Crippen molar-refractivity contribution in [3.05, 3.63) is 48.3 Å². The van der Waals surface area contributed by atoms with Gasteiger partial charge >= 0.3 is 0 Å². The molecule has 0 atom stereocenters. The molecule has 0 unspecified atom stereocenters. The summed E-state index contributed by atoms with van der Waals surface area (Å²) < 4.78 is 0. The van der Waals surface area contributed by atoms with E-state index in [9.17, 15) is 0 Å². The number of nitrogens with zero attached hydrogens (tertiary/aromatic N) is 3. The normalized spacial score (nSPS) is 10.9. The fourth-order valence-electron chi connectivity index (χ4n) is 2.44. The molecule has 5 nitrogen and oxygen atoms in total. The zero-order chi connectivity index (χ0) is 16.1. The largest absolute Gasteiger partial charge is 0.368 e. The molecule has 0 bridgehead atoms. The maximum atomic E-state index is 5.55. The van der Waals surface area contributed by atoms with Crippen molar-refractivity contribution in [1.82, 2.24) is 15.0 Å². The number of rotatable bonds is 6. The molecule has 3 aromatic rings. The van der Waals surface area contributed by atoms with E-state index in [1.165, 1.54) is 5.56 Å². The fraction of sp³-hybridized carbons (Fsp3) is 0.278. The standard InChI is InChI=1S/C18H21N5/c1-13-4-6-14(7-5-13)15-12-16-17(21-11-10-20-16)18(23-15)22-9-3-2-8-19/h4-7,10-12H,2-3,8-9,19H2,1H3,(H,22,23). The molecular weight excluding hydrogens is 286 g/mol. The zero-order valence-corrected chi connectivity index (χ0v) is 13.3. The summed E-state index contributed by atoms with van der Waals surface area (Å²) in [4.78, 5) is 13.6. The van der Waals surface area contributed by atoms with Gasteiger partial charge in [0, 0.05) is 24.5 Å². The molecule has 118 valence electrons. The summed E-state index contributed by atoms with van der Waals surface area (Å²) in [6.07, 6.45) is 5.41. The van der Waals surface area contributed by atoms with Crippen LogP contribution in [0.3, 0.4) is 0 Å². The number of nitrogens with two attached hydrogens (primary N) is 1. The Bertz CT molecular complexity index is 783. The predicted octanol–water partition coefficient (Wildman–Crippen LogP) is 3.15. The average molecular weight is 307 g/mol. The number of benzene rings is 1. The molecule has 0 fully saturated rings. The van der Waals surface area contributed by atoms with Gasteiger partial charge in [-0.25, -0.2) is 9.97 Å². The van der Waals surface area contributed by atoms with Crippen LogP contribution in [0.5, 0.6) is 0 Å². The smallest absolute Gasteiger partial charge is 0.154 e. The molecule has 0 saturated carbocycles. The van der Waals surface area contributed by atoms with Crippen LogP contribution in [0.15, 0.2) is 42.7 Å². The van der Waals surface area contributed by atoms with Crippen LogP contribution in [0, 0.1) is 6.92 Å². The number of fused-ring (bicyclic) bond motifs is 1. The molecule has 2 aromatic heterocycles. The second kappa shape index (κ2) is 7.15. The van der Waals surface area contributed by atoms with Gasteiger partial charge in [-0.3, -0.25) is 4.98 Å². The monoisotopic (exact) mass is 307 g/mol. The third kappa shape index (κ3) is 3.63. The Balaban J connectivity index is 1.97. The number of pyridine rings is 1. The third-order valence-electron chi connectivity index (χ3n) is 3.73. The molecule has 0 aliphatic carbocycles. The van der Waals surface area contributed by atoms with Crippen molar-refractivity contribution in [2.45, 2.75) is 19.8 Å². The zero-order valence-electron chi connectivity index (χ0n) is 13.3. The highest BCUT2D eigenvalue weighted by molar-refractivity contribution is 5.88. The molecule has 3 N–H and O–H groups in total. The molecule has 0 radical (unpaired) electrons. The molecule has 0 saturated heterocycles. The van der Waals surface area contributed by atoms with E-state index in [2.05, 4.69) is 46.5 Å². The van der Waals surface area contributed by atoms with Gasteiger partial charge in [-0.15, -0.1) is 0 Å². The summed E-state index contributed by atoms with van der Waals surface area (Å²) in [5, 5.41) is 3.37. The van der Waals surface area contributed by atoms with E-state index in [4.69, 9.17) is 10.7 Å². The lowest BCUT2D eigenvalue weighted by Gasteiger charge is -2.10. The molecule has 0 aliphatic rings. The van der Waals surface area contributed by atoms with Crippen molar-refractivity contribution in [3.63, 3.8) is 0 Å². The molecule has 0 spiro atoms. The SMILES string of the molecule is Cc1ccc(-c2cc3nccnc3c(NCCCCN)n2)cc1. The van der Waals surface area contributed by atoms with Crippen LogP contribution < -0.4 is 11.1 Å². The first-order valence-electron chi connectivity index (χ1n) is 7.90. The number of anilines is 1. The summed E-state index contributed by atoms with van der Waals surface area (Å²) in [5.74, 6) is 0.781. The minimum absolute atomic E-state index is 0.707. The predicted molar refractivity (Wildman–Crippen MR) is 94.3 cm³/mol. The van der Waals surface area contributed by atoms with E-state index >= 15 is 0 Å². The molecule has 5 heteroatoms. The molecule has 0 amide bonds. The second-order valence-corrected chi connectivity index (χ2v) is 5.57. The first kappa shape index (κ1) is 15.4. The molecule has 3 rings (SSSR count). The van der Waals surface area contributed by atoms with Gasteiger partial charge < -0.3 is 11.1 Å². The van der Waals surface area contributed by atoms with Gasteiger partial charge in [0.15, 0.2) is 5.82 Å². The number of hydrogen-bond acceptors (Lipinski definition) is 5. The Labute approximate surface area is 136 Å². The van der Waals surface area contributed by atoms with Gasteiger partial charge in [0.05, 0.1) is 11.2 Å². The quantitative estimate of drug-likeness (QED) is 0.684. The van der Waals surface area contributed by atoms with Crippen LogP contribution >= 0.6 is 0 Å². The van der Waals surface area contributed by atoms with Gasteiger partial charge in [-0.1, -0.05) is 29.8 Å². The highest BCUT2D eigenvalue weighted by atomic mass is 15.0. The van der Waals surface area contributed by atoms with Crippen LogP contribution in [0.1, 0.15) is 18.4 Å². The van der Waals surface area contributed by atoms with Gasteiger partial charge in [0.1, 0.15) is 5.52 Å². The lowest BCUT2D eigenvalue weighted by atomic mass is 10.1. The second-order valence-electron chi connectivity index (χ2n) is 5.57. The van der Waals surface area contributed by atoms with E-state index in [-0.39, 0.29) is 0 Å². The summed E-state index contributed by atoms with van der Waals surface area (Å²) in [5.41, 5.74) is 10.4. The van der Waals surface area contributed by atoms with E-state index in [1.807, 2.05) is 6.07 Å². The summed E-state index contributed by atoms with van der Waals surface area (Å²) in [7, 11) is 0. The minimum atomic E-state index is 0.707. The first-order valence-corrected chi connectivity index (χ1v) is 7.90. The third-order valence-corrected chi connectivity index (χ3v) is 3.73. The van der Waals surface area contributed by atoms with Crippen LogP contribution in [-0.2, 0) is 0 Å². The van der Waals surface area contributed by atoms with Gasteiger partial charge in [0.2, 0.25) is 0 Å². The lowest BCUT2D eigenvalue weighted by molar-refractivity contribution is 0.773. The van der Waals surface area contributed by atoms with Crippen molar-refractivity contribution in [2.24, 2.45) is 5.73 Å². The van der Waals surface area contributed by atoms with Gasteiger partial charge in [-0.2, -0.15) is 0 Å². The van der Waals surface area contributed by atoms with Crippen LogP contribution in [0.4, 0.5) is 5.82 Å². The van der Waals surface area contributed by atoms with Gasteiger partial charge in [-0.05, 0) is 32.4 Å². The minimum Gasteiger partial charge on any atom is -0.368 e. The molecule has 0 aliphatic heterocycles. The Morgan fingerprint density at radius 2 is 1.83 bits per heavy atom.